The molecule has 3 aromatic rings. The number of hydrogen-bond donors (Lipinski definition) is 1. The fraction of sp³-hybridized carbons (Fsp3) is 0.261. The molecule has 0 atom stereocenters. The molecule has 28 heavy (non-hydrogen) atoms. The fourth-order valence-electron chi connectivity index (χ4n) is 3.73. The molecule has 4 nitrogen and oxygen atoms in total. The molecule has 1 aliphatic rings. The number of anilines is 1. The summed E-state index contributed by atoms with van der Waals surface area (Å²) in [6.45, 7) is 5.04. The highest BCUT2D eigenvalue weighted by atomic mass is 35.5. The van der Waals surface area contributed by atoms with Crippen LogP contribution in [0.3, 0.4) is 0 Å². The van der Waals surface area contributed by atoms with Gasteiger partial charge in [0.1, 0.15) is 0 Å². The molecule has 0 unspecified atom stereocenters. The zero-order valence-electron chi connectivity index (χ0n) is 15.8. The van der Waals surface area contributed by atoms with Crippen molar-refractivity contribution < 1.29 is 4.79 Å². The zero-order chi connectivity index (χ0) is 19.3. The molecule has 1 amide bonds. The third-order valence-electron chi connectivity index (χ3n) is 5.25. The number of benzene rings is 3. The van der Waals surface area contributed by atoms with Gasteiger partial charge in [0.15, 0.2) is 0 Å². The third kappa shape index (κ3) is 4.53. The maximum absolute atomic E-state index is 12.3. The van der Waals surface area contributed by atoms with Crippen molar-refractivity contribution in [3.63, 3.8) is 0 Å². The average Bonchev–Trinajstić information content (AvgIpc) is 2.71. The van der Waals surface area contributed by atoms with Gasteiger partial charge in [-0.05, 0) is 28.5 Å². The maximum atomic E-state index is 12.3. The standard InChI is InChI=1S/C23H24ClN3O/c24-21-10-3-4-11-22(21)25-23(28)17-27-14-12-26(13-15-27)16-19-8-5-7-18-6-1-2-9-20(18)19/h1-11H,12-17H2,(H,25,28). The number of para-hydroxylation sites is 1. The molecule has 0 aliphatic carbocycles. The van der Waals surface area contributed by atoms with E-state index in [9.17, 15) is 4.79 Å². The third-order valence-corrected chi connectivity index (χ3v) is 5.58. The molecule has 4 rings (SSSR count). The van der Waals surface area contributed by atoms with Crippen molar-refractivity contribution in [1.29, 1.82) is 0 Å². The van der Waals surface area contributed by atoms with Crippen LogP contribution in [0.15, 0.2) is 66.7 Å². The van der Waals surface area contributed by atoms with E-state index < -0.39 is 0 Å². The molecule has 5 heteroatoms. The number of fused-ring (bicyclic) bond motifs is 1. The molecule has 0 radical (unpaired) electrons. The van der Waals surface area contributed by atoms with Gasteiger partial charge >= 0.3 is 0 Å². The van der Waals surface area contributed by atoms with Crippen molar-refractivity contribution in [2.45, 2.75) is 6.54 Å². The number of halogens is 1. The average molecular weight is 394 g/mol. The molecule has 3 aromatic carbocycles. The second-order valence-corrected chi connectivity index (χ2v) is 7.63. The Balaban J connectivity index is 1.30. The van der Waals surface area contributed by atoms with Crippen molar-refractivity contribution in [1.82, 2.24) is 9.80 Å². The van der Waals surface area contributed by atoms with Crippen molar-refractivity contribution in [3.05, 3.63) is 77.3 Å². The van der Waals surface area contributed by atoms with Crippen LogP contribution in [-0.2, 0) is 11.3 Å². The number of rotatable bonds is 5. The number of amides is 1. The second kappa shape index (κ2) is 8.74. The first-order chi connectivity index (χ1) is 13.7. The Hall–Kier alpha value is -2.40. The lowest BCUT2D eigenvalue weighted by molar-refractivity contribution is -0.117. The van der Waals surface area contributed by atoms with E-state index in [0.717, 1.165) is 32.7 Å². The molecule has 1 fully saturated rings. The maximum Gasteiger partial charge on any atom is 0.238 e. The fourth-order valence-corrected chi connectivity index (χ4v) is 3.92. The first-order valence-electron chi connectivity index (χ1n) is 9.65. The number of nitrogens with one attached hydrogen (secondary N) is 1. The van der Waals surface area contributed by atoms with Crippen molar-refractivity contribution in [2.24, 2.45) is 0 Å². The Labute approximate surface area is 170 Å². The minimum atomic E-state index is -0.0180. The molecule has 1 aliphatic heterocycles. The molecular formula is C23H24ClN3O. The van der Waals surface area contributed by atoms with Crippen molar-refractivity contribution >= 4 is 34.0 Å². The molecule has 1 N–H and O–H groups in total. The lowest BCUT2D eigenvalue weighted by Crippen LogP contribution is -2.48. The van der Waals surface area contributed by atoms with Crippen LogP contribution in [0.25, 0.3) is 10.8 Å². The van der Waals surface area contributed by atoms with Gasteiger partial charge in [-0.25, -0.2) is 0 Å². The van der Waals surface area contributed by atoms with E-state index in [1.807, 2.05) is 18.2 Å². The molecular weight excluding hydrogens is 370 g/mol. The van der Waals surface area contributed by atoms with Crippen LogP contribution in [0, 0.1) is 0 Å². The largest absolute Gasteiger partial charge is 0.324 e. The number of carbonyl (C=O) groups is 1. The van der Waals surface area contributed by atoms with Gasteiger partial charge in [0, 0.05) is 32.7 Å². The zero-order valence-corrected chi connectivity index (χ0v) is 16.5. The number of hydrogen-bond acceptors (Lipinski definition) is 3. The topological polar surface area (TPSA) is 35.6 Å². The Morgan fingerprint density at radius 1 is 0.857 bits per heavy atom. The molecule has 0 bridgehead atoms. The monoisotopic (exact) mass is 393 g/mol. The SMILES string of the molecule is O=C(CN1CCN(Cc2cccc3ccccc23)CC1)Nc1ccccc1Cl. The highest BCUT2D eigenvalue weighted by Crippen LogP contribution is 2.21. The molecule has 1 heterocycles. The molecule has 0 spiro atoms. The summed E-state index contributed by atoms with van der Waals surface area (Å²) in [5.41, 5.74) is 2.03. The lowest BCUT2D eigenvalue weighted by Gasteiger charge is -2.34. The van der Waals surface area contributed by atoms with E-state index in [4.69, 9.17) is 11.6 Å². The van der Waals surface area contributed by atoms with Crippen LogP contribution in [0.1, 0.15) is 5.56 Å². The number of piperazine rings is 1. The van der Waals surface area contributed by atoms with Gasteiger partial charge in [-0.1, -0.05) is 66.2 Å². The summed E-state index contributed by atoms with van der Waals surface area (Å²) >= 11 is 6.11. The van der Waals surface area contributed by atoms with E-state index in [0.29, 0.717) is 17.3 Å². The second-order valence-electron chi connectivity index (χ2n) is 7.22. The molecule has 0 saturated carbocycles. The molecule has 1 saturated heterocycles. The minimum absolute atomic E-state index is 0.0180. The molecule has 0 aromatic heterocycles. The first-order valence-corrected chi connectivity index (χ1v) is 10.0. The Bertz CT molecular complexity index is 961. The normalized spacial score (nSPS) is 15.6. The molecule has 144 valence electrons. The van der Waals surface area contributed by atoms with Crippen LogP contribution in [0.4, 0.5) is 5.69 Å². The predicted molar refractivity (Wildman–Crippen MR) is 116 cm³/mol. The first kappa shape index (κ1) is 18.9. The highest BCUT2D eigenvalue weighted by molar-refractivity contribution is 6.33. The van der Waals surface area contributed by atoms with Crippen LogP contribution in [-0.4, -0.2) is 48.4 Å². The summed E-state index contributed by atoms with van der Waals surface area (Å²) < 4.78 is 0. The quantitative estimate of drug-likeness (QED) is 0.703. The smallest absolute Gasteiger partial charge is 0.238 e. The van der Waals surface area contributed by atoms with Crippen LogP contribution in [0.5, 0.6) is 0 Å². The van der Waals surface area contributed by atoms with Gasteiger partial charge in [0.05, 0.1) is 17.3 Å². The van der Waals surface area contributed by atoms with Crippen LogP contribution in [0.2, 0.25) is 5.02 Å². The van der Waals surface area contributed by atoms with Crippen LogP contribution < -0.4 is 5.32 Å². The Morgan fingerprint density at radius 3 is 2.36 bits per heavy atom. The summed E-state index contributed by atoms with van der Waals surface area (Å²) in [6, 6.07) is 22.4. The van der Waals surface area contributed by atoms with Crippen molar-refractivity contribution in [3.8, 4) is 0 Å². The van der Waals surface area contributed by atoms with Gasteiger partial charge in [0.25, 0.3) is 0 Å². The highest BCUT2D eigenvalue weighted by Gasteiger charge is 2.19. The van der Waals surface area contributed by atoms with E-state index in [-0.39, 0.29) is 5.91 Å². The van der Waals surface area contributed by atoms with Crippen LogP contribution >= 0.6 is 11.6 Å². The van der Waals surface area contributed by atoms with Gasteiger partial charge in [-0.3, -0.25) is 14.6 Å². The van der Waals surface area contributed by atoms with E-state index in [1.54, 1.807) is 6.07 Å². The number of carbonyl (C=O) groups excluding carboxylic acids is 1. The van der Waals surface area contributed by atoms with Gasteiger partial charge in [-0.2, -0.15) is 0 Å². The van der Waals surface area contributed by atoms with Crippen molar-refractivity contribution in [2.75, 3.05) is 38.0 Å². The van der Waals surface area contributed by atoms with E-state index in [2.05, 4.69) is 57.6 Å². The van der Waals surface area contributed by atoms with E-state index >= 15 is 0 Å². The summed E-state index contributed by atoms with van der Waals surface area (Å²) in [5, 5.41) is 6.08. The summed E-state index contributed by atoms with van der Waals surface area (Å²) in [7, 11) is 0. The van der Waals surface area contributed by atoms with Gasteiger partial charge in [-0.15, -0.1) is 0 Å². The Morgan fingerprint density at radius 2 is 1.54 bits per heavy atom. The Kier molecular flexibility index (Phi) is 5.91. The summed E-state index contributed by atoms with van der Waals surface area (Å²) in [6.07, 6.45) is 0. The minimum Gasteiger partial charge on any atom is -0.324 e. The summed E-state index contributed by atoms with van der Waals surface area (Å²) in [5.74, 6) is -0.0180. The van der Waals surface area contributed by atoms with Gasteiger partial charge in [0.2, 0.25) is 5.91 Å². The van der Waals surface area contributed by atoms with E-state index in [1.165, 1.54) is 16.3 Å². The number of nitrogens with zero attached hydrogens (tertiary/aromatic N) is 2. The van der Waals surface area contributed by atoms with Gasteiger partial charge < -0.3 is 5.32 Å². The predicted octanol–water partition coefficient (Wildman–Crippen LogP) is 4.25. The lowest BCUT2D eigenvalue weighted by atomic mass is 10.0. The summed E-state index contributed by atoms with van der Waals surface area (Å²) in [4.78, 5) is 17.0.